The van der Waals surface area contributed by atoms with Crippen LogP contribution in [0.25, 0.3) is 0 Å². The van der Waals surface area contributed by atoms with Gasteiger partial charge in [-0.3, -0.25) is 4.79 Å². The molecule has 5 heteroatoms. The van der Waals surface area contributed by atoms with E-state index in [0.717, 1.165) is 6.54 Å². The van der Waals surface area contributed by atoms with Crippen molar-refractivity contribution in [2.45, 2.75) is 25.7 Å². The van der Waals surface area contributed by atoms with Gasteiger partial charge in [0.25, 0.3) is 0 Å². The fourth-order valence-corrected chi connectivity index (χ4v) is 2.76. The van der Waals surface area contributed by atoms with E-state index >= 15 is 0 Å². The second-order valence-electron chi connectivity index (χ2n) is 5.30. The van der Waals surface area contributed by atoms with Crippen molar-refractivity contribution in [3.05, 3.63) is 23.8 Å². The SMILES string of the molecule is COc1ccc(C(=O)CC[NH+]2CCCCC2)c(OC)c1.[Cl-]. The molecule has 0 atom stereocenters. The maximum atomic E-state index is 12.3. The minimum Gasteiger partial charge on any atom is -1.00 e. The number of benzene rings is 1. The smallest absolute Gasteiger partial charge is 0.172 e. The van der Waals surface area contributed by atoms with E-state index in [2.05, 4.69) is 0 Å². The standard InChI is InChI=1S/C16H23NO3.ClH/c1-19-13-6-7-14(16(12-13)20-2)15(18)8-11-17-9-4-3-5-10-17;/h6-7,12H,3-5,8-11H2,1-2H3;1H. The lowest BCUT2D eigenvalue weighted by Gasteiger charge is -2.23. The molecule has 1 N–H and O–H groups in total. The van der Waals surface area contributed by atoms with Gasteiger partial charge in [0.2, 0.25) is 0 Å². The van der Waals surface area contributed by atoms with E-state index in [4.69, 9.17) is 9.47 Å². The minimum atomic E-state index is 0. The zero-order valence-electron chi connectivity index (χ0n) is 12.8. The number of hydrogen-bond donors (Lipinski definition) is 1. The number of quaternary nitrogens is 1. The average molecular weight is 314 g/mol. The molecule has 0 bridgehead atoms. The van der Waals surface area contributed by atoms with Crippen LogP contribution >= 0.6 is 0 Å². The van der Waals surface area contributed by atoms with Crippen LogP contribution in [0.5, 0.6) is 11.5 Å². The molecule has 1 aliphatic rings. The fraction of sp³-hybridized carbons (Fsp3) is 0.562. The van der Waals surface area contributed by atoms with Crippen LogP contribution in [-0.2, 0) is 0 Å². The van der Waals surface area contributed by atoms with Crippen LogP contribution in [-0.4, -0.2) is 39.6 Å². The summed E-state index contributed by atoms with van der Waals surface area (Å²) in [5.74, 6) is 1.46. The number of carbonyl (C=O) groups is 1. The summed E-state index contributed by atoms with van der Waals surface area (Å²) in [5.41, 5.74) is 0.657. The second kappa shape index (κ2) is 8.90. The monoisotopic (exact) mass is 313 g/mol. The summed E-state index contributed by atoms with van der Waals surface area (Å²) in [6, 6.07) is 5.37. The summed E-state index contributed by atoms with van der Waals surface area (Å²) >= 11 is 0. The zero-order valence-corrected chi connectivity index (χ0v) is 13.5. The van der Waals surface area contributed by atoms with E-state index in [-0.39, 0.29) is 18.2 Å². The number of ether oxygens (including phenoxy) is 2. The molecule has 0 unspecified atom stereocenters. The molecule has 4 nitrogen and oxygen atoms in total. The molecule has 0 amide bonds. The lowest BCUT2D eigenvalue weighted by Crippen LogP contribution is -3.12. The summed E-state index contributed by atoms with van der Waals surface area (Å²) in [4.78, 5) is 13.9. The Kier molecular flexibility index (Phi) is 7.54. The molecule has 1 heterocycles. The van der Waals surface area contributed by atoms with Crippen LogP contribution in [0.1, 0.15) is 36.0 Å². The van der Waals surface area contributed by atoms with Gasteiger partial charge in [0.15, 0.2) is 5.78 Å². The number of nitrogens with one attached hydrogen (secondary N) is 1. The van der Waals surface area contributed by atoms with Crippen molar-refractivity contribution in [3.8, 4) is 11.5 Å². The highest BCUT2D eigenvalue weighted by Crippen LogP contribution is 2.25. The van der Waals surface area contributed by atoms with Crippen molar-refractivity contribution in [2.24, 2.45) is 0 Å². The highest BCUT2D eigenvalue weighted by molar-refractivity contribution is 5.98. The maximum absolute atomic E-state index is 12.3. The van der Waals surface area contributed by atoms with Gasteiger partial charge in [0.1, 0.15) is 11.5 Å². The quantitative estimate of drug-likeness (QED) is 0.640. The number of rotatable bonds is 6. The van der Waals surface area contributed by atoms with E-state index in [1.165, 1.54) is 32.4 Å². The summed E-state index contributed by atoms with van der Waals surface area (Å²) in [7, 11) is 3.19. The third-order valence-corrected chi connectivity index (χ3v) is 3.98. The van der Waals surface area contributed by atoms with E-state index < -0.39 is 0 Å². The summed E-state index contributed by atoms with van der Waals surface area (Å²) < 4.78 is 10.4. The number of Topliss-reactive ketones (excluding diaryl/α,β-unsaturated/α-hetero) is 1. The predicted molar refractivity (Wildman–Crippen MR) is 77.9 cm³/mol. The van der Waals surface area contributed by atoms with E-state index in [9.17, 15) is 4.79 Å². The molecule has 1 aliphatic heterocycles. The van der Waals surface area contributed by atoms with Crippen molar-refractivity contribution in [2.75, 3.05) is 33.9 Å². The molecule has 1 saturated heterocycles. The molecule has 0 aromatic heterocycles. The third-order valence-electron chi connectivity index (χ3n) is 3.98. The van der Waals surface area contributed by atoms with Crippen LogP contribution in [0.15, 0.2) is 18.2 Å². The molecule has 1 aromatic carbocycles. The number of hydrogen-bond acceptors (Lipinski definition) is 3. The normalized spacial score (nSPS) is 15.1. The van der Waals surface area contributed by atoms with Gasteiger partial charge in [-0.2, -0.15) is 0 Å². The number of ketones is 1. The molecule has 0 aliphatic carbocycles. The average Bonchev–Trinajstić information content (AvgIpc) is 2.52. The molecular formula is C16H24ClNO3. The number of likely N-dealkylation sites (tertiary alicyclic amines) is 1. The molecule has 0 spiro atoms. The van der Waals surface area contributed by atoms with E-state index in [1.807, 2.05) is 6.07 Å². The number of piperidine rings is 1. The Hall–Kier alpha value is -1.26. The van der Waals surface area contributed by atoms with Crippen molar-refractivity contribution in [1.82, 2.24) is 0 Å². The summed E-state index contributed by atoms with van der Waals surface area (Å²) in [6.45, 7) is 3.33. The number of halogens is 1. The molecule has 21 heavy (non-hydrogen) atoms. The molecule has 1 aromatic rings. The van der Waals surface area contributed by atoms with Crippen molar-refractivity contribution in [1.29, 1.82) is 0 Å². The van der Waals surface area contributed by atoms with Gasteiger partial charge >= 0.3 is 0 Å². The first kappa shape index (κ1) is 17.8. The van der Waals surface area contributed by atoms with Crippen LogP contribution < -0.4 is 26.8 Å². The summed E-state index contributed by atoms with van der Waals surface area (Å²) in [6.07, 6.45) is 4.49. The van der Waals surface area contributed by atoms with Gasteiger partial charge < -0.3 is 26.8 Å². The molecule has 0 saturated carbocycles. The predicted octanol–water partition coefficient (Wildman–Crippen LogP) is -1.65. The Morgan fingerprint density at radius 2 is 1.86 bits per heavy atom. The van der Waals surface area contributed by atoms with Gasteiger partial charge in [-0.05, 0) is 31.4 Å². The van der Waals surface area contributed by atoms with Crippen molar-refractivity contribution < 1.29 is 31.6 Å². The fourth-order valence-electron chi connectivity index (χ4n) is 2.76. The lowest BCUT2D eigenvalue weighted by molar-refractivity contribution is -0.904. The first-order valence-corrected chi connectivity index (χ1v) is 7.33. The number of carbonyl (C=O) groups excluding carboxylic acids is 1. The van der Waals surface area contributed by atoms with E-state index in [1.54, 1.807) is 31.3 Å². The first-order valence-electron chi connectivity index (χ1n) is 7.33. The Bertz CT molecular complexity index is 459. The second-order valence-corrected chi connectivity index (χ2v) is 5.30. The van der Waals surface area contributed by atoms with Crippen LogP contribution in [0, 0.1) is 0 Å². The van der Waals surface area contributed by atoms with Crippen molar-refractivity contribution >= 4 is 5.78 Å². The third kappa shape index (κ3) is 4.90. The largest absolute Gasteiger partial charge is 1.00 e. The molecule has 2 rings (SSSR count). The Morgan fingerprint density at radius 1 is 1.14 bits per heavy atom. The van der Waals surface area contributed by atoms with Crippen molar-refractivity contribution in [3.63, 3.8) is 0 Å². The Labute approximate surface area is 132 Å². The van der Waals surface area contributed by atoms with Crippen LogP contribution in [0.2, 0.25) is 0 Å². The lowest BCUT2D eigenvalue weighted by atomic mass is 10.1. The van der Waals surface area contributed by atoms with Gasteiger partial charge in [0.05, 0.1) is 45.8 Å². The Balaban J connectivity index is 0.00000220. The zero-order chi connectivity index (χ0) is 14.4. The van der Waals surface area contributed by atoms with Crippen LogP contribution in [0.3, 0.4) is 0 Å². The minimum absolute atomic E-state index is 0. The Morgan fingerprint density at radius 3 is 2.48 bits per heavy atom. The molecule has 1 fully saturated rings. The first-order chi connectivity index (χ1) is 9.74. The van der Waals surface area contributed by atoms with Gasteiger partial charge in [-0.25, -0.2) is 0 Å². The number of methoxy groups -OCH3 is 2. The van der Waals surface area contributed by atoms with Gasteiger partial charge in [-0.1, -0.05) is 0 Å². The topological polar surface area (TPSA) is 40.0 Å². The highest BCUT2D eigenvalue weighted by Gasteiger charge is 2.18. The van der Waals surface area contributed by atoms with Crippen LogP contribution in [0.4, 0.5) is 0 Å². The molecular weight excluding hydrogens is 290 g/mol. The van der Waals surface area contributed by atoms with E-state index in [0.29, 0.717) is 23.5 Å². The maximum Gasteiger partial charge on any atom is 0.172 e. The molecule has 0 radical (unpaired) electrons. The van der Waals surface area contributed by atoms with Gasteiger partial charge in [-0.15, -0.1) is 0 Å². The highest BCUT2D eigenvalue weighted by atomic mass is 35.5. The summed E-state index contributed by atoms with van der Waals surface area (Å²) in [5, 5.41) is 0. The molecule has 118 valence electrons. The van der Waals surface area contributed by atoms with Gasteiger partial charge in [0, 0.05) is 6.07 Å².